The third-order valence-corrected chi connectivity index (χ3v) is 4.44. The lowest BCUT2D eigenvalue weighted by molar-refractivity contribution is -0.122. The van der Waals surface area contributed by atoms with E-state index in [0.29, 0.717) is 12.6 Å². The third kappa shape index (κ3) is 5.15. The minimum atomic E-state index is 0.132. The molecule has 0 spiro atoms. The lowest BCUT2D eigenvalue weighted by atomic mass is 10.2. The number of nitrogens with zero attached hydrogens (tertiary/aromatic N) is 1. The highest BCUT2D eigenvalue weighted by Crippen LogP contribution is 2.15. The molecule has 0 radical (unpaired) electrons. The number of rotatable bonds is 6. The molecule has 4 nitrogen and oxygen atoms in total. The molecule has 1 atom stereocenters. The molecule has 2 N–H and O–H groups in total. The van der Waals surface area contributed by atoms with Gasteiger partial charge in [0.1, 0.15) is 0 Å². The molecule has 0 saturated carbocycles. The number of thioether (sulfide) groups is 1. The second kappa shape index (κ2) is 8.29. The van der Waals surface area contributed by atoms with Crippen molar-refractivity contribution in [2.24, 2.45) is 0 Å². The Hall–Kier alpha value is -1.04. The number of amides is 1. The van der Waals surface area contributed by atoms with Gasteiger partial charge in [-0.25, -0.2) is 0 Å². The van der Waals surface area contributed by atoms with Gasteiger partial charge in [-0.05, 0) is 19.1 Å². The smallest absolute Gasteiger partial charge is 0.234 e. The Bertz CT molecular complexity index is 413. The largest absolute Gasteiger partial charge is 0.354 e. The van der Waals surface area contributed by atoms with E-state index in [1.54, 1.807) is 11.8 Å². The van der Waals surface area contributed by atoms with Gasteiger partial charge in [-0.15, -0.1) is 11.8 Å². The van der Waals surface area contributed by atoms with Gasteiger partial charge in [0, 0.05) is 42.9 Å². The van der Waals surface area contributed by atoms with E-state index in [1.807, 2.05) is 18.2 Å². The normalized spacial score (nSPS) is 19.8. The maximum absolute atomic E-state index is 11.9. The quantitative estimate of drug-likeness (QED) is 0.611. The summed E-state index contributed by atoms with van der Waals surface area (Å²) in [5, 5.41) is 6.33. The number of nitrogens with one attached hydrogen (secondary N) is 2. The van der Waals surface area contributed by atoms with E-state index >= 15 is 0 Å². The van der Waals surface area contributed by atoms with Crippen LogP contribution in [0.1, 0.15) is 6.92 Å². The molecule has 5 heteroatoms. The summed E-state index contributed by atoms with van der Waals surface area (Å²) in [5.74, 6) is 1.04. The van der Waals surface area contributed by atoms with Crippen LogP contribution in [-0.2, 0) is 4.79 Å². The van der Waals surface area contributed by atoms with Gasteiger partial charge in [-0.2, -0.15) is 0 Å². The number of hydrogen-bond acceptors (Lipinski definition) is 4. The lowest BCUT2D eigenvalue weighted by Crippen LogP contribution is -2.52. The zero-order chi connectivity index (χ0) is 14.2. The first kappa shape index (κ1) is 15.4. The minimum Gasteiger partial charge on any atom is -0.354 e. The number of carbonyl (C=O) groups is 1. The Balaban J connectivity index is 1.60. The third-order valence-electron chi connectivity index (χ3n) is 3.42. The van der Waals surface area contributed by atoms with E-state index in [1.165, 1.54) is 4.90 Å². The van der Waals surface area contributed by atoms with E-state index in [0.717, 1.165) is 31.9 Å². The van der Waals surface area contributed by atoms with Crippen molar-refractivity contribution in [2.75, 3.05) is 38.5 Å². The van der Waals surface area contributed by atoms with Gasteiger partial charge in [0.2, 0.25) is 5.91 Å². The zero-order valence-corrected chi connectivity index (χ0v) is 12.8. The number of piperazine rings is 1. The van der Waals surface area contributed by atoms with Crippen LogP contribution in [0.25, 0.3) is 0 Å². The van der Waals surface area contributed by atoms with Crippen LogP contribution in [0.15, 0.2) is 35.2 Å². The summed E-state index contributed by atoms with van der Waals surface area (Å²) in [6, 6.07) is 10.7. The summed E-state index contributed by atoms with van der Waals surface area (Å²) in [6.45, 7) is 6.29. The molecule has 20 heavy (non-hydrogen) atoms. The summed E-state index contributed by atoms with van der Waals surface area (Å²) in [7, 11) is 0. The summed E-state index contributed by atoms with van der Waals surface area (Å²) in [5.41, 5.74) is 0. The van der Waals surface area contributed by atoms with Crippen molar-refractivity contribution in [3.63, 3.8) is 0 Å². The average Bonchev–Trinajstić information content (AvgIpc) is 2.47. The average molecular weight is 293 g/mol. The predicted octanol–water partition coefficient (Wildman–Crippen LogP) is 1.19. The summed E-state index contributed by atoms with van der Waals surface area (Å²) in [6.07, 6.45) is 0. The van der Waals surface area contributed by atoms with Crippen LogP contribution < -0.4 is 10.6 Å². The highest BCUT2D eigenvalue weighted by Gasteiger charge is 2.19. The predicted molar refractivity (Wildman–Crippen MR) is 84.1 cm³/mol. The monoisotopic (exact) mass is 293 g/mol. The Labute approximate surface area is 125 Å². The highest BCUT2D eigenvalue weighted by molar-refractivity contribution is 7.99. The molecule has 1 heterocycles. The molecule has 1 aliphatic rings. The number of carbonyl (C=O) groups excluding carboxylic acids is 1. The molecule has 1 aromatic rings. The Morgan fingerprint density at radius 3 is 3.00 bits per heavy atom. The maximum atomic E-state index is 11.9. The Morgan fingerprint density at radius 2 is 2.25 bits per heavy atom. The van der Waals surface area contributed by atoms with Crippen molar-refractivity contribution in [1.29, 1.82) is 0 Å². The van der Waals surface area contributed by atoms with Crippen LogP contribution in [-0.4, -0.2) is 55.3 Å². The molecule has 1 saturated heterocycles. The number of hydrogen-bond donors (Lipinski definition) is 2. The summed E-state index contributed by atoms with van der Waals surface area (Å²) >= 11 is 1.77. The van der Waals surface area contributed by atoms with Crippen LogP contribution >= 0.6 is 11.8 Å². The van der Waals surface area contributed by atoms with Gasteiger partial charge in [-0.3, -0.25) is 9.69 Å². The van der Waals surface area contributed by atoms with Crippen molar-refractivity contribution in [2.45, 2.75) is 17.9 Å². The molecule has 1 aliphatic heterocycles. The fraction of sp³-hybridized carbons (Fsp3) is 0.533. The fourth-order valence-corrected chi connectivity index (χ4v) is 3.02. The Kier molecular flexibility index (Phi) is 6.36. The van der Waals surface area contributed by atoms with Crippen LogP contribution in [0.2, 0.25) is 0 Å². The molecule has 1 aromatic carbocycles. The molecule has 0 aromatic heterocycles. The van der Waals surface area contributed by atoms with Crippen molar-refractivity contribution >= 4 is 17.7 Å². The molecule has 0 unspecified atom stereocenters. The van der Waals surface area contributed by atoms with Crippen molar-refractivity contribution in [3.05, 3.63) is 30.3 Å². The maximum Gasteiger partial charge on any atom is 0.234 e. The van der Waals surface area contributed by atoms with Crippen LogP contribution in [0, 0.1) is 0 Å². The molecule has 1 amide bonds. The van der Waals surface area contributed by atoms with Crippen molar-refractivity contribution in [1.82, 2.24) is 15.5 Å². The molecule has 2 rings (SSSR count). The van der Waals surface area contributed by atoms with Gasteiger partial charge in [-0.1, -0.05) is 18.2 Å². The standard InChI is InChI=1S/C15H23N3OS/c1-13-11-16-7-9-18(13)12-15(19)17-8-10-20-14-5-3-2-4-6-14/h2-6,13,16H,7-12H2,1H3,(H,17,19)/t13-/m1/s1. The first-order valence-electron chi connectivity index (χ1n) is 7.15. The fourth-order valence-electron chi connectivity index (χ4n) is 2.23. The van der Waals surface area contributed by atoms with Crippen LogP contribution in [0.3, 0.4) is 0 Å². The SMILES string of the molecule is C[C@@H]1CNCCN1CC(=O)NCCSc1ccccc1. The van der Waals surface area contributed by atoms with Gasteiger partial charge in [0.05, 0.1) is 6.54 Å². The summed E-state index contributed by atoms with van der Waals surface area (Å²) in [4.78, 5) is 15.4. The molecule has 1 fully saturated rings. The summed E-state index contributed by atoms with van der Waals surface area (Å²) < 4.78 is 0. The molecule has 0 bridgehead atoms. The molecule has 110 valence electrons. The van der Waals surface area contributed by atoms with E-state index in [4.69, 9.17) is 0 Å². The van der Waals surface area contributed by atoms with Crippen molar-refractivity contribution in [3.8, 4) is 0 Å². The Morgan fingerprint density at radius 1 is 1.45 bits per heavy atom. The van der Waals surface area contributed by atoms with E-state index in [2.05, 4.69) is 34.6 Å². The molecule has 0 aliphatic carbocycles. The number of benzene rings is 1. The van der Waals surface area contributed by atoms with E-state index in [9.17, 15) is 4.79 Å². The van der Waals surface area contributed by atoms with Gasteiger partial charge in [0.25, 0.3) is 0 Å². The second-order valence-corrected chi connectivity index (χ2v) is 6.20. The molecular formula is C15H23N3OS. The minimum absolute atomic E-state index is 0.132. The topological polar surface area (TPSA) is 44.4 Å². The zero-order valence-electron chi connectivity index (χ0n) is 12.0. The van der Waals surface area contributed by atoms with Crippen LogP contribution in [0.5, 0.6) is 0 Å². The van der Waals surface area contributed by atoms with Gasteiger partial charge in [0.15, 0.2) is 0 Å². The van der Waals surface area contributed by atoms with Gasteiger partial charge >= 0.3 is 0 Å². The van der Waals surface area contributed by atoms with E-state index < -0.39 is 0 Å². The van der Waals surface area contributed by atoms with Gasteiger partial charge < -0.3 is 10.6 Å². The first-order valence-corrected chi connectivity index (χ1v) is 8.13. The molecular weight excluding hydrogens is 270 g/mol. The van der Waals surface area contributed by atoms with Crippen molar-refractivity contribution < 1.29 is 4.79 Å². The lowest BCUT2D eigenvalue weighted by Gasteiger charge is -2.33. The first-order chi connectivity index (χ1) is 9.75. The highest BCUT2D eigenvalue weighted by atomic mass is 32.2. The second-order valence-electron chi connectivity index (χ2n) is 5.04. The van der Waals surface area contributed by atoms with E-state index in [-0.39, 0.29) is 5.91 Å². The van der Waals surface area contributed by atoms with Crippen LogP contribution in [0.4, 0.5) is 0 Å².